The molecule has 5 heterocycles. The summed E-state index contributed by atoms with van der Waals surface area (Å²) in [5.74, 6) is -0.528. The van der Waals surface area contributed by atoms with Gasteiger partial charge in [-0.05, 0) is 24.1 Å². The van der Waals surface area contributed by atoms with E-state index < -0.39 is 43.4 Å². The molecule has 0 saturated carbocycles. The fourth-order valence-corrected chi connectivity index (χ4v) is 4.93. The molecule has 2 saturated heterocycles. The number of nitrogens with one attached hydrogen (secondary N) is 1. The number of rotatable bonds is 8. The van der Waals surface area contributed by atoms with Gasteiger partial charge in [0, 0.05) is 13.1 Å². The second-order valence-electron chi connectivity index (χ2n) is 9.35. The van der Waals surface area contributed by atoms with Crippen molar-refractivity contribution in [3.63, 3.8) is 0 Å². The normalized spacial score (nSPS) is 22.1. The summed E-state index contributed by atoms with van der Waals surface area (Å²) in [5, 5.41) is 15.1. The lowest BCUT2D eigenvalue weighted by Gasteiger charge is -2.42. The minimum atomic E-state index is -1.29. The minimum absolute atomic E-state index is 0.0492. The van der Waals surface area contributed by atoms with Crippen molar-refractivity contribution in [3.05, 3.63) is 30.2 Å². The van der Waals surface area contributed by atoms with E-state index in [0.717, 1.165) is 10.9 Å². The molecule has 3 aromatic heterocycles. The Kier molecular flexibility index (Phi) is 6.20. The van der Waals surface area contributed by atoms with E-state index in [1.54, 1.807) is 23.1 Å². The number of ether oxygens (including phenoxy) is 2. The number of halogens is 4. The molecule has 4 aromatic rings. The molecule has 2 aliphatic heterocycles. The van der Waals surface area contributed by atoms with E-state index in [4.69, 9.17) is 10.8 Å². The van der Waals surface area contributed by atoms with Crippen LogP contribution in [0.25, 0.3) is 27.7 Å². The standard InChI is InChI=1S/C24H26F4N8O2/c1-37-23-22-21(13-2-3-19-20(6-13)36(33-31-19)14(7-25)8-26)17(28)10-35(22)32-24(30-23)29-18-4-5-34(9-16(18)27)15-11-38-12-15/h2-3,6,10,14-16,18H,4-5,7-9,11-12H2,1H3,(H,29,32)/t16-,18-/m1/s1/i15D. The van der Waals surface area contributed by atoms with Crippen LogP contribution < -0.4 is 10.1 Å². The topological polar surface area (TPSA) is 94.6 Å². The Morgan fingerprint density at radius 3 is 2.79 bits per heavy atom. The van der Waals surface area contributed by atoms with Crippen molar-refractivity contribution in [1.29, 1.82) is 0 Å². The van der Waals surface area contributed by atoms with Gasteiger partial charge in [0.2, 0.25) is 11.8 Å². The lowest BCUT2D eigenvalue weighted by molar-refractivity contribution is -0.0794. The number of fused-ring (bicyclic) bond motifs is 2. The Morgan fingerprint density at radius 2 is 2.11 bits per heavy atom. The van der Waals surface area contributed by atoms with E-state index in [9.17, 15) is 8.78 Å². The van der Waals surface area contributed by atoms with E-state index in [1.807, 2.05) is 0 Å². The van der Waals surface area contributed by atoms with Gasteiger partial charge in [-0.3, -0.25) is 4.90 Å². The lowest BCUT2D eigenvalue weighted by Crippen LogP contribution is -2.57. The molecule has 0 radical (unpaired) electrons. The van der Waals surface area contributed by atoms with Crippen LogP contribution in [0.2, 0.25) is 0 Å². The van der Waals surface area contributed by atoms with Crippen molar-refractivity contribution >= 4 is 22.5 Å². The maximum absolute atomic E-state index is 15.4. The van der Waals surface area contributed by atoms with Crippen LogP contribution >= 0.6 is 0 Å². The number of benzene rings is 1. The number of methoxy groups -OCH3 is 1. The third kappa shape index (κ3) is 4.21. The molecule has 2 fully saturated rings. The molecule has 0 aliphatic carbocycles. The molecule has 0 unspecified atom stereocenters. The van der Waals surface area contributed by atoms with Crippen LogP contribution in [0.4, 0.5) is 23.5 Å². The second-order valence-corrected chi connectivity index (χ2v) is 9.35. The van der Waals surface area contributed by atoms with Crippen LogP contribution in [-0.2, 0) is 4.74 Å². The smallest absolute Gasteiger partial charge is 0.244 e. The molecular formula is C24H26F4N8O2. The van der Waals surface area contributed by atoms with Crippen molar-refractivity contribution < 1.29 is 28.4 Å². The van der Waals surface area contributed by atoms with Gasteiger partial charge >= 0.3 is 0 Å². The summed E-state index contributed by atoms with van der Waals surface area (Å²) in [6.45, 7) is -0.852. The van der Waals surface area contributed by atoms with Crippen LogP contribution in [0, 0.1) is 5.82 Å². The summed E-state index contributed by atoms with van der Waals surface area (Å²) in [7, 11) is 1.38. The first kappa shape index (κ1) is 23.6. The highest BCUT2D eigenvalue weighted by molar-refractivity contribution is 5.89. The Morgan fingerprint density at radius 1 is 1.29 bits per heavy atom. The second kappa shape index (κ2) is 9.98. The van der Waals surface area contributed by atoms with E-state index >= 15 is 8.78 Å². The monoisotopic (exact) mass is 535 g/mol. The van der Waals surface area contributed by atoms with Crippen molar-refractivity contribution in [2.75, 3.05) is 52.1 Å². The molecule has 2 atom stereocenters. The third-order valence-electron chi connectivity index (χ3n) is 7.05. The molecular weight excluding hydrogens is 508 g/mol. The van der Waals surface area contributed by atoms with Gasteiger partial charge in [-0.1, -0.05) is 11.3 Å². The quantitative estimate of drug-likeness (QED) is 0.344. The summed E-state index contributed by atoms with van der Waals surface area (Å²) in [6, 6.07) is 2.10. The number of aromatic nitrogens is 6. The zero-order valence-electron chi connectivity index (χ0n) is 21.5. The SMILES string of the molecule is [2H]C1(N2CC[C@@H](Nc3nc(OC)c4c(-c5ccc6nnn(C(CF)CF)c6c5)c(F)cn4n3)[C@H](F)C2)COC1. The van der Waals surface area contributed by atoms with Gasteiger partial charge in [-0.2, -0.15) is 4.98 Å². The number of anilines is 1. The molecule has 14 heteroatoms. The lowest BCUT2D eigenvalue weighted by atomic mass is 10.0. The summed E-state index contributed by atoms with van der Waals surface area (Å²) in [6.07, 6.45) is 0.283. The number of alkyl halides is 3. The maximum atomic E-state index is 15.4. The number of likely N-dealkylation sites (tertiary alicyclic amines) is 1. The number of hydrogen-bond donors (Lipinski definition) is 1. The third-order valence-corrected chi connectivity index (χ3v) is 7.05. The molecule has 0 bridgehead atoms. The van der Waals surface area contributed by atoms with Gasteiger partial charge in [0.25, 0.3) is 0 Å². The van der Waals surface area contributed by atoms with Gasteiger partial charge in [-0.25, -0.2) is 26.8 Å². The highest BCUT2D eigenvalue weighted by Gasteiger charge is 2.36. The fraction of sp³-hybridized carbons (Fsp3) is 0.500. The molecule has 202 valence electrons. The predicted octanol–water partition coefficient (Wildman–Crippen LogP) is 2.99. The maximum Gasteiger partial charge on any atom is 0.244 e. The van der Waals surface area contributed by atoms with Crippen molar-refractivity contribution in [1.82, 2.24) is 34.5 Å². The molecule has 38 heavy (non-hydrogen) atoms. The Bertz CT molecular complexity index is 1510. The Labute approximate surface area is 215 Å². The predicted molar refractivity (Wildman–Crippen MR) is 130 cm³/mol. The van der Waals surface area contributed by atoms with E-state index in [0.29, 0.717) is 29.6 Å². The minimum Gasteiger partial charge on any atom is -0.479 e. The molecule has 1 N–H and O–H groups in total. The summed E-state index contributed by atoms with van der Waals surface area (Å²) in [5.41, 5.74) is 1.46. The molecule has 0 amide bonds. The Hall–Kier alpha value is -3.52. The van der Waals surface area contributed by atoms with Crippen LogP contribution in [0.15, 0.2) is 24.4 Å². The van der Waals surface area contributed by atoms with Gasteiger partial charge in [0.15, 0.2) is 5.82 Å². The average molecular weight is 536 g/mol. The Balaban J connectivity index is 1.32. The molecule has 0 spiro atoms. The summed E-state index contributed by atoms with van der Waals surface area (Å²) < 4.78 is 78.5. The first-order valence-electron chi connectivity index (χ1n) is 12.7. The number of piperidine rings is 1. The first-order chi connectivity index (χ1) is 18.8. The fourth-order valence-electron chi connectivity index (χ4n) is 4.93. The van der Waals surface area contributed by atoms with Gasteiger partial charge in [0.1, 0.15) is 36.6 Å². The molecule has 1 aromatic carbocycles. The largest absolute Gasteiger partial charge is 0.479 e. The van der Waals surface area contributed by atoms with Gasteiger partial charge < -0.3 is 14.8 Å². The van der Waals surface area contributed by atoms with Crippen molar-refractivity contribution in [3.8, 4) is 17.0 Å². The van der Waals surface area contributed by atoms with Gasteiger partial charge in [0.05, 0.1) is 51.0 Å². The zero-order chi connectivity index (χ0) is 27.3. The van der Waals surface area contributed by atoms with E-state index in [1.165, 1.54) is 11.6 Å². The van der Waals surface area contributed by atoms with Gasteiger partial charge in [-0.15, -0.1) is 10.2 Å². The molecule has 2 aliphatic rings. The van der Waals surface area contributed by atoms with Crippen molar-refractivity contribution in [2.24, 2.45) is 0 Å². The number of nitrogens with zero attached hydrogens (tertiary/aromatic N) is 7. The molecule has 6 rings (SSSR count). The highest BCUT2D eigenvalue weighted by Crippen LogP contribution is 2.36. The van der Waals surface area contributed by atoms with Crippen LogP contribution in [0.3, 0.4) is 0 Å². The van der Waals surface area contributed by atoms with E-state index in [2.05, 4.69) is 25.7 Å². The van der Waals surface area contributed by atoms with Crippen molar-refractivity contribution in [2.45, 2.75) is 30.7 Å². The van der Waals surface area contributed by atoms with Crippen LogP contribution in [0.5, 0.6) is 5.88 Å². The first-order valence-corrected chi connectivity index (χ1v) is 12.2. The van der Waals surface area contributed by atoms with E-state index in [-0.39, 0.29) is 42.7 Å². The highest BCUT2D eigenvalue weighted by atomic mass is 19.1. The average Bonchev–Trinajstić information content (AvgIpc) is 3.48. The van der Waals surface area contributed by atoms with Crippen LogP contribution in [-0.4, -0.2) is 99.5 Å². The summed E-state index contributed by atoms with van der Waals surface area (Å²) >= 11 is 0. The number of hydrogen-bond acceptors (Lipinski definition) is 8. The molecule has 10 nitrogen and oxygen atoms in total. The zero-order valence-corrected chi connectivity index (χ0v) is 20.5. The van der Waals surface area contributed by atoms with Crippen LogP contribution in [0.1, 0.15) is 13.8 Å². The summed E-state index contributed by atoms with van der Waals surface area (Å²) in [4.78, 5) is 6.15.